The van der Waals surface area contributed by atoms with Gasteiger partial charge in [-0.15, -0.1) is 0 Å². The summed E-state index contributed by atoms with van der Waals surface area (Å²) in [6.07, 6.45) is 2.40. The van der Waals surface area contributed by atoms with Crippen molar-refractivity contribution >= 4 is 40.3 Å². The number of nitrogen functional groups attached to an aromatic ring is 1. The fourth-order valence-corrected chi connectivity index (χ4v) is 2.70. The quantitative estimate of drug-likeness (QED) is 0.597. The lowest BCUT2D eigenvalue weighted by molar-refractivity contribution is 1.13. The number of hydrogen-bond donors (Lipinski definition) is 3. The van der Waals surface area contributed by atoms with Gasteiger partial charge in [0, 0.05) is 16.4 Å². The largest absolute Gasteiger partial charge is 0.393 e. The highest BCUT2D eigenvalue weighted by Gasteiger charge is 2.11. The summed E-state index contributed by atoms with van der Waals surface area (Å²) in [6.45, 7) is 4.10. The van der Waals surface area contributed by atoms with Crippen LogP contribution in [0.15, 0.2) is 48.8 Å². The first kappa shape index (κ1) is 17.0. The van der Waals surface area contributed by atoms with Crippen LogP contribution < -0.4 is 16.4 Å². The first-order valence-electron chi connectivity index (χ1n) is 8.07. The first-order chi connectivity index (χ1) is 12.1. The van der Waals surface area contributed by atoms with E-state index in [1.807, 2.05) is 43.3 Å². The summed E-state index contributed by atoms with van der Waals surface area (Å²) < 4.78 is 0. The van der Waals surface area contributed by atoms with Crippen molar-refractivity contribution in [3.63, 3.8) is 0 Å². The van der Waals surface area contributed by atoms with Gasteiger partial charge in [0.2, 0.25) is 0 Å². The lowest BCUT2D eigenvalue weighted by Crippen LogP contribution is -2.06. The van der Waals surface area contributed by atoms with Crippen LogP contribution in [0, 0.1) is 6.92 Å². The summed E-state index contributed by atoms with van der Waals surface area (Å²) in [5, 5.41) is 7.19. The SMILES string of the molecule is CCc1ccccc1Nc1ncnc(Nc2cc(Cl)ccc2C)c1N. The molecule has 4 N–H and O–H groups in total. The van der Waals surface area contributed by atoms with E-state index in [0.717, 1.165) is 23.4 Å². The Labute approximate surface area is 152 Å². The Morgan fingerprint density at radius 1 is 1.00 bits per heavy atom. The second-order valence-corrected chi connectivity index (χ2v) is 6.14. The molecule has 3 rings (SSSR count). The molecule has 0 fully saturated rings. The van der Waals surface area contributed by atoms with Crippen LogP contribution in [0.1, 0.15) is 18.1 Å². The molecule has 1 aromatic heterocycles. The van der Waals surface area contributed by atoms with Gasteiger partial charge in [0.15, 0.2) is 11.6 Å². The Kier molecular flexibility index (Phi) is 5.05. The van der Waals surface area contributed by atoms with Gasteiger partial charge in [-0.05, 0) is 42.7 Å². The van der Waals surface area contributed by atoms with E-state index in [9.17, 15) is 0 Å². The number of aromatic nitrogens is 2. The van der Waals surface area contributed by atoms with E-state index < -0.39 is 0 Å². The zero-order chi connectivity index (χ0) is 17.8. The highest BCUT2D eigenvalue weighted by Crippen LogP contribution is 2.31. The number of nitrogens with two attached hydrogens (primary N) is 1. The van der Waals surface area contributed by atoms with Crippen LogP contribution in [-0.4, -0.2) is 9.97 Å². The Morgan fingerprint density at radius 3 is 2.40 bits per heavy atom. The highest BCUT2D eigenvalue weighted by molar-refractivity contribution is 6.30. The summed E-state index contributed by atoms with van der Waals surface area (Å²) >= 11 is 6.08. The maximum atomic E-state index is 6.28. The van der Waals surface area contributed by atoms with E-state index in [1.165, 1.54) is 11.9 Å². The van der Waals surface area contributed by atoms with Gasteiger partial charge < -0.3 is 16.4 Å². The standard InChI is InChI=1S/C19H20ClN5/c1-3-13-6-4-5-7-15(13)24-18-17(21)19(23-11-22-18)25-16-10-14(20)9-8-12(16)2/h4-11H,3,21H2,1-2H3,(H2,22,23,24,25). The third-order valence-corrected chi connectivity index (χ3v) is 4.22. The van der Waals surface area contributed by atoms with Crippen molar-refractivity contribution in [3.05, 3.63) is 64.9 Å². The van der Waals surface area contributed by atoms with E-state index in [4.69, 9.17) is 17.3 Å². The molecule has 3 aromatic rings. The van der Waals surface area contributed by atoms with Gasteiger partial charge in [0.1, 0.15) is 12.0 Å². The van der Waals surface area contributed by atoms with Gasteiger partial charge in [-0.1, -0.05) is 42.8 Å². The molecule has 0 atom stereocenters. The topological polar surface area (TPSA) is 75.9 Å². The van der Waals surface area contributed by atoms with Crippen LogP contribution >= 0.6 is 11.6 Å². The maximum absolute atomic E-state index is 6.28. The van der Waals surface area contributed by atoms with Crippen LogP contribution in [-0.2, 0) is 6.42 Å². The lowest BCUT2D eigenvalue weighted by Gasteiger charge is -2.15. The molecule has 2 aromatic carbocycles. The van der Waals surface area contributed by atoms with Gasteiger partial charge in [0.05, 0.1) is 0 Å². The monoisotopic (exact) mass is 353 g/mol. The predicted octanol–water partition coefficient (Wildman–Crippen LogP) is 5.07. The zero-order valence-corrected chi connectivity index (χ0v) is 14.9. The summed E-state index contributed by atoms with van der Waals surface area (Å²) in [5.41, 5.74) is 10.8. The van der Waals surface area contributed by atoms with E-state index in [2.05, 4.69) is 33.6 Å². The van der Waals surface area contributed by atoms with Crippen molar-refractivity contribution in [3.8, 4) is 0 Å². The second-order valence-electron chi connectivity index (χ2n) is 5.70. The molecule has 0 aliphatic rings. The predicted molar refractivity (Wildman–Crippen MR) is 105 cm³/mol. The average molecular weight is 354 g/mol. The summed E-state index contributed by atoms with van der Waals surface area (Å²) in [4.78, 5) is 8.54. The molecule has 128 valence electrons. The van der Waals surface area contributed by atoms with Crippen LogP contribution in [0.3, 0.4) is 0 Å². The molecular formula is C19H20ClN5. The third-order valence-electron chi connectivity index (χ3n) is 3.99. The minimum atomic E-state index is 0.452. The molecule has 0 aliphatic heterocycles. The summed E-state index contributed by atoms with van der Waals surface area (Å²) in [7, 11) is 0. The molecule has 0 radical (unpaired) electrons. The molecule has 6 heteroatoms. The smallest absolute Gasteiger partial charge is 0.159 e. The molecule has 0 amide bonds. The second kappa shape index (κ2) is 7.40. The van der Waals surface area contributed by atoms with Crippen LogP contribution in [0.5, 0.6) is 0 Å². The summed E-state index contributed by atoms with van der Waals surface area (Å²) in [5.74, 6) is 1.11. The van der Waals surface area contributed by atoms with Crippen LogP contribution in [0.25, 0.3) is 0 Å². The Balaban J connectivity index is 1.91. The van der Waals surface area contributed by atoms with Gasteiger partial charge in [0.25, 0.3) is 0 Å². The van der Waals surface area contributed by atoms with Crippen LogP contribution in [0.2, 0.25) is 5.02 Å². The number of hydrogen-bond acceptors (Lipinski definition) is 5. The van der Waals surface area contributed by atoms with Gasteiger partial charge in [-0.2, -0.15) is 0 Å². The zero-order valence-electron chi connectivity index (χ0n) is 14.2. The third kappa shape index (κ3) is 3.83. The molecule has 5 nitrogen and oxygen atoms in total. The Bertz CT molecular complexity index is 895. The van der Waals surface area contributed by atoms with Crippen molar-refractivity contribution < 1.29 is 0 Å². The normalized spacial score (nSPS) is 10.5. The molecule has 25 heavy (non-hydrogen) atoms. The number of halogens is 1. The van der Waals surface area contributed by atoms with E-state index >= 15 is 0 Å². The molecule has 0 aliphatic carbocycles. The van der Waals surface area contributed by atoms with Crippen LogP contribution in [0.4, 0.5) is 28.7 Å². The fourth-order valence-electron chi connectivity index (χ4n) is 2.53. The van der Waals surface area contributed by atoms with Crippen molar-refractivity contribution in [1.29, 1.82) is 0 Å². The molecular weight excluding hydrogens is 334 g/mol. The Morgan fingerprint density at radius 2 is 1.68 bits per heavy atom. The lowest BCUT2D eigenvalue weighted by atomic mass is 10.1. The van der Waals surface area contributed by atoms with E-state index in [1.54, 1.807) is 0 Å². The average Bonchev–Trinajstić information content (AvgIpc) is 2.62. The van der Waals surface area contributed by atoms with Crippen molar-refractivity contribution in [2.45, 2.75) is 20.3 Å². The fraction of sp³-hybridized carbons (Fsp3) is 0.158. The number of aryl methyl sites for hydroxylation is 2. The first-order valence-corrected chi connectivity index (χ1v) is 8.45. The maximum Gasteiger partial charge on any atom is 0.159 e. The van der Waals surface area contributed by atoms with Gasteiger partial charge in [-0.3, -0.25) is 0 Å². The van der Waals surface area contributed by atoms with Crippen molar-refractivity contribution in [2.24, 2.45) is 0 Å². The number of anilines is 5. The van der Waals surface area contributed by atoms with Crippen molar-refractivity contribution in [1.82, 2.24) is 9.97 Å². The minimum absolute atomic E-state index is 0.452. The van der Waals surface area contributed by atoms with E-state index in [-0.39, 0.29) is 0 Å². The highest BCUT2D eigenvalue weighted by atomic mass is 35.5. The summed E-state index contributed by atoms with van der Waals surface area (Å²) in [6, 6.07) is 13.7. The van der Waals surface area contributed by atoms with E-state index in [0.29, 0.717) is 22.3 Å². The molecule has 0 saturated heterocycles. The molecule has 0 spiro atoms. The number of nitrogens with one attached hydrogen (secondary N) is 2. The number of benzene rings is 2. The number of para-hydroxylation sites is 1. The minimum Gasteiger partial charge on any atom is -0.393 e. The molecule has 0 unspecified atom stereocenters. The molecule has 0 saturated carbocycles. The number of rotatable bonds is 5. The molecule has 0 bridgehead atoms. The van der Waals surface area contributed by atoms with Gasteiger partial charge >= 0.3 is 0 Å². The number of nitrogens with zero attached hydrogens (tertiary/aromatic N) is 2. The molecule has 1 heterocycles. The van der Waals surface area contributed by atoms with Gasteiger partial charge in [-0.25, -0.2) is 9.97 Å². The van der Waals surface area contributed by atoms with Crippen molar-refractivity contribution in [2.75, 3.05) is 16.4 Å². The Hall–Kier alpha value is -2.79.